The molecule has 1 saturated heterocycles. The van der Waals surface area contributed by atoms with Gasteiger partial charge in [0, 0.05) is 49.5 Å². The molecule has 3 atom stereocenters. The van der Waals surface area contributed by atoms with E-state index in [9.17, 15) is 5.11 Å². The van der Waals surface area contributed by atoms with Crippen LogP contribution in [0.15, 0.2) is 63.9 Å². The van der Waals surface area contributed by atoms with Gasteiger partial charge in [0.05, 0.1) is 6.10 Å². The number of aliphatic hydroxyl groups excluding tert-OH is 1. The normalized spacial score (nSPS) is 26.2. The number of nitrogens with one attached hydrogen (secondary N) is 1. The third-order valence-electron chi connectivity index (χ3n) is 8.10. The van der Waals surface area contributed by atoms with Crippen LogP contribution in [0.3, 0.4) is 0 Å². The monoisotopic (exact) mass is 479 g/mol. The Labute approximate surface area is 214 Å². The van der Waals surface area contributed by atoms with E-state index in [1.165, 1.54) is 28.1 Å². The van der Waals surface area contributed by atoms with Gasteiger partial charge >= 0.3 is 0 Å². The molecule has 0 spiro atoms. The molecule has 3 rings (SSSR count). The number of allylic oxidation sites excluding steroid dienone is 8. The third kappa shape index (κ3) is 7.87. The molecular formula is C31H49N3O. The fourth-order valence-electron chi connectivity index (χ4n) is 5.99. The summed E-state index contributed by atoms with van der Waals surface area (Å²) < 4.78 is 0. The number of piperazine rings is 1. The fraction of sp³-hybridized carbons (Fsp3) is 0.645. The molecule has 194 valence electrons. The van der Waals surface area contributed by atoms with Gasteiger partial charge < -0.3 is 10.4 Å². The maximum Gasteiger partial charge on any atom is 0.0759 e. The number of rotatable bonds is 11. The zero-order chi connectivity index (χ0) is 25.3. The van der Waals surface area contributed by atoms with Gasteiger partial charge in [0.1, 0.15) is 0 Å². The van der Waals surface area contributed by atoms with Crippen molar-refractivity contribution in [3.8, 4) is 0 Å². The lowest BCUT2D eigenvalue weighted by Crippen LogP contribution is -2.55. The first-order valence-electron chi connectivity index (χ1n) is 14.0. The highest BCUT2D eigenvalue weighted by molar-refractivity contribution is 5.85. The summed E-state index contributed by atoms with van der Waals surface area (Å²) in [4.78, 5) is 7.55. The van der Waals surface area contributed by atoms with Crippen LogP contribution in [0.2, 0.25) is 0 Å². The summed E-state index contributed by atoms with van der Waals surface area (Å²) in [5, 5.41) is 14.5. The van der Waals surface area contributed by atoms with Crippen LogP contribution in [0.1, 0.15) is 86.0 Å². The molecule has 0 amide bonds. The van der Waals surface area contributed by atoms with E-state index in [2.05, 4.69) is 81.3 Å². The van der Waals surface area contributed by atoms with Gasteiger partial charge in [-0.1, -0.05) is 55.4 Å². The van der Waals surface area contributed by atoms with Crippen molar-refractivity contribution in [2.45, 2.75) is 97.6 Å². The predicted octanol–water partition coefficient (Wildman–Crippen LogP) is 6.52. The van der Waals surface area contributed by atoms with E-state index in [4.69, 9.17) is 4.99 Å². The molecule has 2 unspecified atom stereocenters. The first-order valence-corrected chi connectivity index (χ1v) is 14.0. The lowest BCUT2D eigenvalue weighted by molar-refractivity contribution is 0.130. The van der Waals surface area contributed by atoms with Gasteiger partial charge in [-0.05, 0) is 83.3 Å². The maximum atomic E-state index is 11.0. The van der Waals surface area contributed by atoms with E-state index < -0.39 is 0 Å². The number of hydrogen-bond acceptors (Lipinski definition) is 4. The molecule has 3 aliphatic rings. The van der Waals surface area contributed by atoms with Crippen LogP contribution >= 0.6 is 0 Å². The predicted molar refractivity (Wildman–Crippen MR) is 151 cm³/mol. The summed E-state index contributed by atoms with van der Waals surface area (Å²) >= 11 is 0. The molecule has 1 fully saturated rings. The lowest BCUT2D eigenvalue weighted by Gasteiger charge is -2.43. The smallest absolute Gasteiger partial charge is 0.0759 e. The van der Waals surface area contributed by atoms with Gasteiger partial charge in [0.2, 0.25) is 0 Å². The maximum absolute atomic E-state index is 11.0. The van der Waals surface area contributed by atoms with E-state index in [-0.39, 0.29) is 11.6 Å². The van der Waals surface area contributed by atoms with Crippen molar-refractivity contribution in [3.05, 3.63) is 58.9 Å². The average Bonchev–Trinajstić information content (AvgIpc) is 2.87. The van der Waals surface area contributed by atoms with E-state index in [1.54, 1.807) is 0 Å². The molecule has 2 heterocycles. The lowest BCUT2D eigenvalue weighted by atomic mass is 9.84. The van der Waals surface area contributed by atoms with Crippen LogP contribution in [-0.4, -0.2) is 53.5 Å². The molecule has 1 aliphatic carbocycles. The van der Waals surface area contributed by atoms with Gasteiger partial charge in [0.15, 0.2) is 0 Å². The summed E-state index contributed by atoms with van der Waals surface area (Å²) in [6, 6.07) is 0. The van der Waals surface area contributed by atoms with Crippen LogP contribution in [0, 0.1) is 5.92 Å². The molecule has 0 saturated carbocycles. The molecule has 35 heavy (non-hydrogen) atoms. The highest BCUT2D eigenvalue weighted by atomic mass is 16.3. The van der Waals surface area contributed by atoms with Gasteiger partial charge in [-0.3, -0.25) is 9.89 Å². The minimum Gasteiger partial charge on any atom is -0.389 e. The van der Waals surface area contributed by atoms with Crippen molar-refractivity contribution in [1.29, 1.82) is 0 Å². The molecule has 4 nitrogen and oxygen atoms in total. The number of aliphatic hydroxyl groups is 1. The standard InChI is InChI=1S/C31H49N3O/c1-6-9-10-26(7-2)27(8-3)21-30(35)28-14-11-25(12-15-28)13-16-29-23-31(5,22-24(4)33-29)34-19-17-32-18-20-34/h6,9-11,14,23,27,30,32,35H,7-8,12-13,15-22H2,1-5H3/b9-6-,26-10-/t27?,30-,31?/m1/s1. The van der Waals surface area contributed by atoms with Crippen molar-refractivity contribution in [2.75, 3.05) is 26.2 Å². The van der Waals surface area contributed by atoms with E-state index >= 15 is 0 Å². The summed E-state index contributed by atoms with van der Waals surface area (Å²) in [5.41, 5.74) is 6.73. The average molecular weight is 480 g/mol. The molecule has 0 aromatic carbocycles. The van der Waals surface area contributed by atoms with Crippen molar-refractivity contribution < 1.29 is 5.11 Å². The summed E-state index contributed by atoms with van der Waals surface area (Å²) in [6.45, 7) is 15.5. The number of aliphatic imine (C=N–C) groups is 1. The molecule has 0 radical (unpaired) electrons. The second-order valence-corrected chi connectivity index (χ2v) is 10.8. The van der Waals surface area contributed by atoms with Crippen molar-refractivity contribution in [2.24, 2.45) is 10.9 Å². The molecular weight excluding hydrogens is 430 g/mol. The topological polar surface area (TPSA) is 47.9 Å². The van der Waals surface area contributed by atoms with Crippen molar-refractivity contribution in [1.82, 2.24) is 10.2 Å². The van der Waals surface area contributed by atoms with Crippen LogP contribution < -0.4 is 5.32 Å². The number of hydrogen-bond donors (Lipinski definition) is 2. The first-order chi connectivity index (χ1) is 16.9. The minimum absolute atomic E-state index is 0.0932. The quantitative estimate of drug-likeness (QED) is 0.332. The zero-order valence-electron chi connectivity index (χ0n) is 22.9. The summed E-state index contributed by atoms with van der Waals surface area (Å²) in [7, 11) is 0. The summed E-state index contributed by atoms with van der Waals surface area (Å²) in [6.07, 6.45) is 21.1. The van der Waals surface area contributed by atoms with Crippen LogP contribution in [0.4, 0.5) is 0 Å². The Hall–Kier alpha value is -1.75. The Morgan fingerprint density at radius 1 is 1.20 bits per heavy atom. The highest BCUT2D eigenvalue weighted by Gasteiger charge is 2.33. The minimum atomic E-state index is -0.341. The zero-order valence-corrected chi connectivity index (χ0v) is 22.9. The van der Waals surface area contributed by atoms with E-state index in [1.807, 2.05) is 0 Å². The largest absolute Gasteiger partial charge is 0.389 e. The van der Waals surface area contributed by atoms with Crippen molar-refractivity contribution >= 4 is 5.71 Å². The third-order valence-corrected chi connectivity index (χ3v) is 8.10. The van der Waals surface area contributed by atoms with E-state index in [0.29, 0.717) is 5.92 Å². The molecule has 2 N–H and O–H groups in total. The van der Waals surface area contributed by atoms with E-state index in [0.717, 1.165) is 77.5 Å². The molecule has 0 aromatic rings. The Morgan fingerprint density at radius 3 is 2.60 bits per heavy atom. The first kappa shape index (κ1) is 27.8. The molecule has 2 aliphatic heterocycles. The highest BCUT2D eigenvalue weighted by Crippen LogP contribution is 2.33. The Kier molecular flexibility index (Phi) is 10.8. The van der Waals surface area contributed by atoms with Crippen molar-refractivity contribution in [3.63, 3.8) is 0 Å². The summed E-state index contributed by atoms with van der Waals surface area (Å²) in [5.74, 6) is 0.446. The molecule has 0 aromatic heterocycles. The van der Waals surface area contributed by atoms with Gasteiger partial charge in [0.25, 0.3) is 0 Å². The fourth-order valence-corrected chi connectivity index (χ4v) is 5.99. The Bertz CT molecular complexity index is 885. The number of nitrogens with zero attached hydrogens (tertiary/aromatic N) is 2. The van der Waals surface area contributed by atoms with Gasteiger partial charge in [-0.2, -0.15) is 0 Å². The Balaban J connectivity index is 1.59. The Morgan fingerprint density at radius 2 is 1.97 bits per heavy atom. The van der Waals surface area contributed by atoms with Gasteiger partial charge in [-0.25, -0.2) is 0 Å². The second kappa shape index (κ2) is 13.5. The second-order valence-electron chi connectivity index (χ2n) is 10.8. The van der Waals surface area contributed by atoms with Crippen LogP contribution in [0.25, 0.3) is 0 Å². The van der Waals surface area contributed by atoms with Crippen LogP contribution in [0.5, 0.6) is 0 Å². The molecule has 4 heteroatoms. The molecule has 0 bridgehead atoms. The van der Waals surface area contributed by atoms with Crippen LogP contribution in [-0.2, 0) is 0 Å². The van der Waals surface area contributed by atoms with Gasteiger partial charge in [-0.15, -0.1) is 0 Å². The SMILES string of the molecule is C/C=C\C=C(\CC)C(CC)C[C@@H](O)C1=CC=C(CCC2=CC(C)(N3CCNCC3)CC(C)=N2)CC1.